The molecular formula is C17H23NO4. The average molecular weight is 305 g/mol. The molecule has 5 nitrogen and oxygen atoms in total. The lowest BCUT2D eigenvalue weighted by molar-refractivity contribution is 0.0915. The molecule has 120 valence electrons. The van der Waals surface area contributed by atoms with E-state index in [1.807, 2.05) is 13.8 Å². The Morgan fingerprint density at radius 3 is 1.95 bits per heavy atom. The van der Waals surface area contributed by atoms with Crippen LogP contribution in [-0.2, 0) is 0 Å². The van der Waals surface area contributed by atoms with E-state index < -0.39 is 5.54 Å². The minimum Gasteiger partial charge on any atom is -0.493 e. The fraction of sp³-hybridized carbons (Fsp3) is 0.471. The molecule has 1 aromatic carbocycles. The molecule has 0 unspecified atom stereocenters. The Morgan fingerprint density at radius 2 is 1.64 bits per heavy atom. The highest BCUT2D eigenvalue weighted by Gasteiger charge is 2.27. The second-order valence-corrected chi connectivity index (χ2v) is 4.80. The van der Waals surface area contributed by atoms with Gasteiger partial charge in [0.25, 0.3) is 5.91 Å². The van der Waals surface area contributed by atoms with Gasteiger partial charge in [-0.1, -0.05) is 19.8 Å². The number of ether oxygens (including phenoxy) is 3. The Hall–Kier alpha value is -2.35. The first-order valence-corrected chi connectivity index (χ1v) is 7.11. The van der Waals surface area contributed by atoms with Gasteiger partial charge < -0.3 is 19.5 Å². The van der Waals surface area contributed by atoms with Gasteiger partial charge in [0.2, 0.25) is 5.75 Å². The van der Waals surface area contributed by atoms with Gasteiger partial charge in [-0.3, -0.25) is 4.79 Å². The molecule has 0 aliphatic heterocycles. The van der Waals surface area contributed by atoms with Crippen molar-refractivity contribution >= 4 is 5.91 Å². The highest BCUT2D eigenvalue weighted by Crippen LogP contribution is 2.38. The summed E-state index contributed by atoms with van der Waals surface area (Å²) in [5.74, 6) is 3.68. The molecule has 0 bridgehead atoms. The number of benzene rings is 1. The van der Waals surface area contributed by atoms with Crippen molar-refractivity contribution in [1.82, 2.24) is 5.32 Å². The molecule has 5 heteroatoms. The number of terminal acetylenes is 1. The van der Waals surface area contributed by atoms with Crippen LogP contribution in [0.15, 0.2) is 12.1 Å². The zero-order valence-electron chi connectivity index (χ0n) is 13.8. The summed E-state index contributed by atoms with van der Waals surface area (Å²) in [7, 11) is 4.52. The van der Waals surface area contributed by atoms with Crippen LogP contribution in [0.2, 0.25) is 0 Å². The lowest BCUT2D eigenvalue weighted by Crippen LogP contribution is -2.46. The van der Waals surface area contributed by atoms with E-state index in [-0.39, 0.29) is 5.91 Å². The van der Waals surface area contributed by atoms with Gasteiger partial charge in [-0.2, -0.15) is 0 Å². The summed E-state index contributed by atoms with van der Waals surface area (Å²) < 4.78 is 15.8. The zero-order chi connectivity index (χ0) is 16.8. The summed E-state index contributed by atoms with van der Waals surface area (Å²) in [6.45, 7) is 3.89. The van der Waals surface area contributed by atoms with E-state index in [2.05, 4.69) is 11.2 Å². The van der Waals surface area contributed by atoms with Gasteiger partial charge in [0, 0.05) is 5.56 Å². The minimum absolute atomic E-state index is 0.277. The molecule has 0 aliphatic rings. The molecule has 1 amide bonds. The van der Waals surface area contributed by atoms with Crippen molar-refractivity contribution in [2.45, 2.75) is 32.2 Å². The number of rotatable bonds is 7. The third kappa shape index (κ3) is 3.45. The summed E-state index contributed by atoms with van der Waals surface area (Å²) in [5, 5.41) is 2.91. The first-order valence-electron chi connectivity index (χ1n) is 7.11. The topological polar surface area (TPSA) is 56.8 Å². The van der Waals surface area contributed by atoms with Crippen molar-refractivity contribution in [1.29, 1.82) is 0 Å². The average Bonchev–Trinajstić information content (AvgIpc) is 2.58. The Morgan fingerprint density at radius 1 is 1.14 bits per heavy atom. The Bertz CT molecular complexity index is 546. The number of carbonyl (C=O) groups excluding carboxylic acids is 1. The second-order valence-electron chi connectivity index (χ2n) is 4.80. The fourth-order valence-corrected chi connectivity index (χ4v) is 2.17. The highest BCUT2D eigenvalue weighted by atomic mass is 16.5. The van der Waals surface area contributed by atoms with Crippen molar-refractivity contribution in [3.8, 4) is 29.6 Å². The first kappa shape index (κ1) is 17.7. The van der Waals surface area contributed by atoms with E-state index in [4.69, 9.17) is 20.6 Å². The summed E-state index contributed by atoms with van der Waals surface area (Å²) in [5.41, 5.74) is -0.256. The molecule has 1 aromatic rings. The van der Waals surface area contributed by atoms with Crippen molar-refractivity contribution in [3.63, 3.8) is 0 Å². The summed E-state index contributed by atoms with van der Waals surface area (Å²) in [6, 6.07) is 3.20. The predicted octanol–water partition coefficient (Wildman–Crippen LogP) is 2.63. The molecule has 0 heterocycles. The molecule has 22 heavy (non-hydrogen) atoms. The molecular weight excluding hydrogens is 282 g/mol. The molecule has 0 fully saturated rings. The predicted molar refractivity (Wildman–Crippen MR) is 85.7 cm³/mol. The van der Waals surface area contributed by atoms with Crippen molar-refractivity contribution < 1.29 is 19.0 Å². The van der Waals surface area contributed by atoms with Gasteiger partial charge in [-0.05, 0) is 25.0 Å². The van der Waals surface area contributed by atoms with Crippen LogP contribution in [-0.4, -0.2) is 32.8 Å². The molecule has 0 saturated heterocycles. The fourth-order valence-electron chi connectivity index (χ4n) is 2.17. The number of amides is 1. The van der Waals surface area contributed by atoms with Crippen LogP contribution >= 0.6 is 0 Å². The molecule has 1 N–H and O–H groups in total. The van der Waals surface area contributed by atoms with Crippen molar-refractivity contribution in [3.05, 3.63) is 17.7 Å². The monoisotopic (exact) mass is 305 g/mol. The Kier molecular flexibility index (Phi) is 6.11. The van der Waals surface area contributed by atoms with Crippen LogP contribution in [0, 0.1) is 12.3 Å². The largest absolute Gasteiger partial charge is 0.493 e. The number of nitrogens with one attached hydrogen (secondary N) is 1. The third-order valence-electron chi connectivity index (χ3n) is 3.76. The Labute approximate surface area is 131 Å². The number of carbonyl (C=O) groups is 1. The molecule has 0 radical (unpaired) electrons. The standard InChI is InChI=1S/C17H23NO4/c1-7-17(8-2,9-3)18-16(19)12-10-13(20-4)15(22-6)14(11-12)21-5/h1,10-11H,8-9H2,2-6H3,(H,18,19). The maximum absolute atomic E-state index is 12.5. The lowest BCUT2D eigenvalue weighted by Gasteiger charge is -2.27. The zero-order valence-corrected chi connectivity index (χ0v) is 13.8. The van der Waals surface area contributed by atoms with Crippen LogP contribution < -0.4 is 19.5 Å². The summed E-state index contributed by atoms with van der Waals surface area (Å²) >= 11 is 0. The van der Waals surface area contributed by atoms with Crippen LogP contribution in [0.25, 0.3) is 0 Å². The van der Waals surface area contributed by atoms with E-state index in [0.717, 1.165) is 0 Å². The van der Waals surface area contributed by atoms with Gasteiger partial charge in [-0.15, -0.1) is 6.42 Å². The molecule has 0 aliphatic carbocycles. The lowest BCUT2D eigenvalue weighted by atomic mass is 9.93. The van der Waals surface area contributed by atoms with Gasteiger partial charge >= 0.3 is 0 Å². The van der Waals surface area contributed by atoms with E-state index in [0.29, 0.717) is 35.7 Å². The van der Waals surface area contributed by atoms with Gasteiger partial charge in [0.1, 0.15) is 5.54 Å². The summed E-state index contributed by atoms with van der Waals surface area (Å²) in [4.78, 5) is 12.5. The van der Waals surface area contributed by atoms with E-state index >= 15 is 0 Å². The van der Waals surface area contributed by atoms with Gasteiger partial charge in [0.05, 0.1) is 21.3 Å². The van der Waals surface area contributed by atoms with Gasteiger partial charge in [0.15, 0.2) is 11.5 Å². The SMILES string of the molecule is C#CC(CC)(CC)NC(=O)c1cc(OC)c(OC)c(OC)c1. The normalized spacial score (nSPS) is 10.5. The highest BCUT2D eigenvalue weighted by molar-refractivity contribution is 5.96. The summed E-state index contributed by atoms with van der Waals surface area (Å²) in [6.07, 6.45) is 6.88. The molecule has 0 saturated carbocycles. The molecule has 0 spiro atoms. The van der Waals surface area contributed by atoms with Crippen molar-refractivity contribution in [2.24, 2.45) is 0 Å². The van der Waals surface area contributed by atoms with Crippen molar-refractivity contribution in [2.75, 3.05) is 21.3 Å². The van der Waals surface area contributed by atoms with Gasteiger partial charge in [-0.25, -0.2) is 0 Å². The smallest absolute Gasteiger partial charge is 0.252 e. The van der Waals surface area contributed by atoms with Crippen LogP contribution in [0.1, 0.15) is 37.0 Å². The first-order chi connectivity index (χ1) is 10.5. The Balaban J connectivity index is 3.22. The molecule has 0 atom stereocenters. The maximum Gasteiger partial charge on any atom is 0.252 e. The van der Waals surface area contributed by atoms with E-state index in [1.165, 1.54) is 21.3 Å². The third-order valence-corrected chi connectivity index (χ3v) is 3.76. The molecule has 0 aromatic heterocycles. The quantitative estimate of drug-likeness (QED) is 0.787. The van der Waals surface area contributed by atoms with Crippen LogP contribution in [0.4, 0.5) is 0 Å². The molecule has 1 rings (SSSR count). The minimum atomic E-state index is -0.655. The number of hydrogen-bond acceptors (Lipinski definition) is 4. The number of hydrogen-bond donors (Lipinski definition) is 1. The van der Waals surface area contributed by atoms with Crippen LogP contribution in [0.3, 0.4) is 0 Å². The van der Waals surface area contributed by atoms with Crippen LogP contribution in [0.5, 0.6) is 17.2 Å². The van der Waals surface area contributed by atoms with E-state index in [9.17, 15) is 4.79 Å². The maximum atomic E-state index is 12.5. The number of methoxy groups -OCH3 is 3. The second kappa shape index (κ2) is 7.60. The van der Waals surface area contributed by atoms with E-state index in [1.54, 1.807) is 12.1 Å².